The number of hydrogen-bond donors (Lipinski definition) is 1. The molecule has 0 radical (unpaired) electrons. The highest BCUT2D eigenvalue weighted by Gasteiger charge is 2.08. The fraction of sp³-hybridized carbons (Fsp3) is 0.417. The molecule has 0 amide bonds. The number of aliphatic hydroxyl groups is 1. The number of carbonyl (C=O) groups excluding carboxylic acids is 1. The Labute approximate surface area is 114 Å². The van der Waals surface area contributed by atoms with Crippen molar-refractivity contribution in [3.8, 4) is 0 Å². The van der Waals surface area contributed by atoms with E-state index in [0.29, 0.717) is 12.4 Å². The molecule has 1 aromatic rings. The van der Waals surface area contributed by atoms with Gasteiger partial charge < -0.3 is 9.84 Å². The predicted octanol–water partition coefficient (Wildman–Crippen LogP) is 3.16. The minimum absolute atomic E-state index is 0.219. The number of hydrogen-bond acceptors (Lipinski definition) is 4. The molecule has 0 aliphatic heterocycles. The molecule has 1 N–H and O–H groups in total. The number of carbonyl (C=O) groups is 1. The van der Waals surface area contributed by atoms with Crippen molar-refractivity contribution in [1.29, 1.82) is 0 Å². The van der Waals surface area contributed by atoms with Crippen molar-refractivity contribution in [2.24, 2.45) is 0 Å². The van der Waals surface area contributed by atoms with Gasteiger partial charge in [0.2, 0.25) is 0 Å². The van der Waals surface area contributed by atoms with E-state index in [0.717, 1.165) is 14.9 Å². The molecular weight excluding hydrogens is 304 g/mol. The molecule has 3 nitrogen and oxygen atoms in total. The summed E-state index contributed by atoms with van der Waals surface area (Å²) in [6.45, 7) is 3.91. The molecule has 0 heterocycles. The number of thioether (sulfide) groups is 1. The van der Waals surface area contributed by atoms with E-state index in [-0.39, 0.29) is 5.97 Å². The molecular formula is C12H15BrO3S. The Morgan fingerprint density at radius 2 is 2.29 bits per heavy atom. The van der Waals surface area contributed by atoms with Crippen molar-refractivity contribution < 1.29 is 14.6 Å². The molecule has 1 rings (SSSR count). The molecule has 0 saturated carbocycles. The van der Waals surface area contributed by atoms with E-state index in [2.05, 4.69) is 15.9 Å². The highest BCUT2D eigenvalue weighted by molar-refractivity contribution is 9.10. The normalized spacial score (nSPS) is 12.2. The van der Waals surface area contributed by atoms with Crippen molar-refractivity contribution in [3.05, 3.63) is 28.2 Å². The van der Waals surface area contributed by atoms with Crippen molar-refractivity contribution in [2.75, 3.05) is 12.4 Å². The quantitative estimate of drug-likeness (QED) is 0.669. The molecule has 0 spiro atoms. The number of aliphatic hydroxyl groups excluding tert-OH is 1. The maximum Gasteiger partial charge on any atom is 0.316 e. The largest absolute Gasteiger partial charge is 0.465 e. The van der Waals surface area contributed by atoms with Gasteiger partial charge in [-0.25, -0.2) is 0 Å². The second-order valence-electron chi connectivity index (χ2n) is 3.46. The summed E-state index contributed by atoms with van der Waals surface area (Å²) in [6, 6.07) is 5.59. The summed E-state index contributed by atoms with van der Waals surface area (Å²) in [5.41, 5.74) is 0.845. The van der Waals surface area contributed by atoms with Crippen LogP contribution in [0.3, 0.4) is 0 Å². The Balaban J connectivity index is 2.63. The van der Waals surface area contributed by atoms with Crippen LogP contribution in [0.15, 0.2) is 27.6 Å². The summed E-state index contributed by atoms with van der Waals surface area (Å²) in [7, 11) is 0. The van der Waals surface area contributed by atoms with Crippen molar-refractivity contribution >= 4 is 33.7 Å². The topological polar surface area (TPSA) is 46.5 Å². The van der Waals surface area contributed by atoms with Gasteiger partial charge in [0.05, 0.1) is 18.5 Å². The number of ether oxygens (including phenoxy) is 1. The zero-order chi connectivity index (χ0) is 12.8. The summed E-state index contributed by atoms with van der Waals surface area (Å²) in [4.78, 5) is 12.2. The van der Waals surface area contributed by atoms with E-state index >= 15 is 0 Å². The van der Waals surface area contributed by atoms with Gasteiger partial charge in [-0.05, 0) is 47.5 Å². The molecule has 94 valence electrons. The minimum Gasteiger partial charge on any atom is -0.465 e. The number of esters is 1. The van der Waals surface area contributed by atoms with Crippen LogP contribution in [0.1, 0.15) is 25.5 Å². The lowest BCUT2D eigenvalue weighted by molar-refractivity contribution is -0.139. The molecule has 1 atom stereocenters. The summed E-state index contributed by atoms with van der Waals surface area (Å²) in [5.74, 6) is 0.0736. The number of benzene rings is 1. The Morgan fingerprint density at radius 1 is 1.59 bits per heavy atom. The first-order valence-corrected chi connectivity index (χ1v) is 7.08. The predicted molar refractivity (Wildman–Crippen MR) is 72.1 cm³/mol. The van der Waals surface area contributed by atoms with Crippen molar-refractivity contribution in [3.63, 3.8) is 0 Å². The summed E-state index contributed by atoms with van der Waals surface area (Å²) in [6.07, 6.45) is -0.490. The Morgan fingerprint density at radius 3 is 2.82 bits per heavy atom. The zero-order valence-corrected chi connectivity index (χ0v) is 12.2. The lowest BCUT2D eigenvalue weighted by atomic mass is 10.1. The van der Waals surface area contributed by atoms with Gasteiger partial charge in [0.15, 0.2) is 0 Å². The third-order valence-corrected chi connectivity index (χ3v) is 4.05. The Kier molecular flexibility index (Phi) is 6.02. The van der Waals surface area contributed by atoms with Crippen molar-refractivity contribution in [1.82, 2.24) is 0 Å². The number of rotatable bonds is 5. The number of halogens is 1. The molecule has 17 heavy (non-hydrogen) atoms. The fourth-order valence-corrected chi connectivity index (χ4v) is 2.69. The monoisotopic (exact) mass is 318 g/mol. The average molecular weight is 319 g/mol. The molecule has 0 aliphatic carbocycles. The molecule has 1 aromatic carbocycles. The zero-order valence-electron chi connectivity index (χ0n) is 9.77. The van der Waals surface area contributed by atoms with Crippen LogP contribution in [0.5, 0.6) is 0 Å². The molecule has 0 saturated heterocycles. The van der Waals surface area contributed by atoms with Gasteiger partial charge in [-0.3, -0.25) is 4.79 Å². The minimum atomic E-state index is -0.490. The third-order valence-electron chi connectivity index (χ3n) is 2.09. The second-order valence-corrected chi connectivity index (χ2v) is 5.33. The fourth-order valence-electron chi connectivity index (χ4n) is 1.23. The Bertz CT molecular complexity index is 393. The first-order valence-electron chi connectivity index (χ1n) is 5.30. The molecule has 0 aromatic heterocycles. The molecule has 5 heteroatoms. The van der Waals surface area contributed by atoms with E-state index < -0.39 is 6.10 Å². The summed E-state index contributed by atoms with van der Waals surface area (Å²) < 4.78 is 5.73. The van der Waals surface area contributed by atoms with Gasteiger partial charge in [-0.1, -0.05) is 6.07 Å². The highest BCUT2D eigenvalue weighted by atomic mass is 79.9. The molecule has 0 fully saturated rings. The van der Waals surface area contributed by atoms with Crippen LogP contribution in [0, 0.1) is 0 Å². The van der Waals surface area contributed by atoms with Crippen LogP contribution >= 0.6 is 27.7 Å². The van der Waals surface area contributed by atoms with E-state index in [1.165, 1.54) is 11.8 Å². The molecule has 0 bridgehead atoms. The smallest absolute Gasteiger partial charge is 0.316 e. The highest BCUT2D eigenvalue weighted by Crippen LogP contribution is 2.30. The van der Waals surface area contributed by atoms with Crippen LogP contribution in [-0.2, 0) is 9.53 Å². The first-order chi connectivity index (χ1) is 8.04. The van der Waals surface area contributed by atoms with E-state index in [1.807, 2.05) is 18.2 Å². The van der Waals surface area contributed by atoms with Gasteiger partial charge in [0.1, 0.15) is 0 Å². The van der Waals surface area contributed by atoms with Crippen molar-refractivity contribution in [2.45, 2.75) is 24.8 Å². The Hall–Kier alpha value is -0.520. The standard InChI is InChI=1S/C12H15BrO3S/c1-3-16-12(15)7-17-11-5-4-9(8(2)14)6-10(11)13/h4-6,8,14H,3,7H2,1-2H3/t8-/m0/s1. The maximum absolute atomic E-state index is 11.2. The van der Waals surface area contributed by atoms with Crippen LogP contribution in [0.25, 0.3) is 0 Å². The third kappa shape index (κ3) is 4.69. The SMILES string of the molecule is CCOC(=O)CSc1ccc([C@H](C)O)cc1Br. The second kappa shape index (κ2) is 7.03. The average Bonchev–Trinajstić information content (AvgIpc) is 2.27. The van der Waals surface area contributed by atoms with E-state index in [4.69, 9.17) is 4.74 Å². The van der Waals surface area contributed by atoms with Crippen LogP contribution < -0.4 is 0 Å². The lowest BCUT2D eigenvalue weighted by Gasteiger charge is -2.08. The van der Waals surface area contributed by atoms with Gasteiger partial charge >= 0.3 is 5.97 Å². The van der Waals surface area contributed by atoms with Crippen LogP contribution in [-0.4, -0.2) is 23.4 Å². The van der Waals surface area contributed by atoms with E-state index in [1.54, 1.807) is 13.8 Å². The van der Waals surface area contributed by atoms with Gasteiger partial charge in [-0.15, -0.1) is 11.8 Å². The summed E-state index contributed by atoms with van der Waals surface area (Å²) in [5, 5.41) is 9.43. The molecule has 0 unspecified atom stereocenters. The van der Waals surface area contributed by atoms with Gasteiger partial charge in [0, 0.05) is 9.37 Å². The molecule has 0 aliphatic rings. The lowest BCUT2D eigenvalue weighted by Crippen LogP contribution is -2.06. The summed E-state index contributed by atoms with van der Waals surface area (Å²) >= 11 is 4.83. The van der Waals surface area contributed by atoms with Crippen LogP contribution in [0.2, 0.25) is 0 Å². The van der Waals surface area contributed by atoms with E-state index in [9.17, 15) is 9.90 Å². The first kappa shape index (κ1) is 14.5. The van der Waals surface area contributed by atoms with Crippen LogP contribution in [0.4, 0.5) is 0 Å². The van der Waals surface area contributed by atoms with Gasteiger partial charge in [0.25, 0.3) is 0 Å². The van der Waals surface area contributed by atoms with Gasteiger partial charge in [-0.2, -0.15) is 0 Å². The maximum atomic E-state index is 11.2.